The second-order valence-corrected chi connectivity index (χ2v) is 6.39. The summed E-state index contributed by atoms with van der Waals surface area (Å²) in [6.07, 6.45) is 6.73. The molecule has 90 valence electrons. The minimum absolute atomic E-state index is 0.330. The van der Waals surface area contributed by atoms with Crippen molar-refractivity contribution in [2.45, 2.75) is 78.3 Å². The van der Waals surface area contributed by atoms with E-state index in [1.807, 2.05) is 0 Å². The van der Waals surface area contributed by atoms with Gasteiger partial charge < -0.3 is 5.32 Å². The van der Waals surface area contributed by atoms with Crippen LogP contribution in [0.1, 0.15) is 66.7 Å². The van der Waals surface area contributed by atoms with Gasteiger partial charge >= 0.3 is 0 Å². The van der Waals surface area contributed by atoms with Crippen LogP contribution in [-0.2, 0) is 0 Å². The Kier molecular flexibility index (Phi) is 4.64. The van der Waals surface area contributed by atoms with Crippen molar-refractivity contribution in [3.8, 4) is 0 Å². The molecule has 0 heterocycles. The van der Waals surface area contributed by atoms with Gasteiger partial charge in [0.1, 0.15) is 0 Å². The van der Waals surface area contributed by atoms with Crippen molar-refractivity contribution in [3.63, 3.8) is 0 Å². The van der Waals surface area contributed by atoms with Gasteiger partial charge in [-0.3, -0.25) is 0 Å². The maximum Gasteiger partial charge on any atom is 0.0127 e. The second kappa shape index (κ2) is 5.34. The first-order chi connectivity index (χ1) is 6.93. The van der Waals surface area contributed by atoms with Gasteiger partial charge in [-0.1, -0.05) is 27.2 Å². The number of hydrogen-bond donors (Lipinski definition) is 1. The van der Waals surface area contributed by atoms with E-state index in [0.29, 0.717) is 5.54 Å². The van der Waals surface area contributed by atoms with Gasteiger partial charge in [0.05, 0.1) is 0 Å². The Bertz CT molecular complexity index is 176. The highest BCUT2D eigenvalue weighted by Gasteiger charge is 2.27. The first-order valence-corrected chi connectivity index (χ1v) is 6.70. The van der Waals surface area contributed by atoms with E-state index in [9.17, 15) is 0 Å². The lowest BCUT2D eigenvalue weighted by atomic mass is 9.79. The molecule has 0 amide bonds. The summed E-state index contributed by atoms with van der Waals surface area (Å²) < 4.78 is 0. The minimum atomic E-state index is 0.330. The average Bonchev–Trinajstić information content (AvgIpc) is 1.99. The Labute approximate surface area is 96.0 Å². The fourth-order valence-corrected chi connectivity index (χ4v) is 3.31. The molecule has 0 aromatic rings. The summed E-state index contributed by atoms with van der Waals surface area (Å²) >= 11 is 0. The third-order valence-electron chi connectivity index (χ3n) is 3.65. The van der Waals surface area contributed by atoms with Crippen molar-refractivity contribution in [1.29, 1.82) is 0 Å². The molecule has 1 rings (SSSR count). The van der Waals surface area contributed by atoms with E-state index in [2.05, 4.69) is 39.9 Å². The number of rotatable bonds is 4. The summed E-state index contributed by atoms with van der Waals surface area (Å²) in [4.78, 5) is 0. The molecule has 15 heavy (non-hydrogen) atoms. The lowest BCUT2D eigenvalue weighted by molar-refractivity contribution is 0.196. The standard InChI is InChI=1S/C14H29N/c1-6-7-14(4,5)15-13-9-11(2)8-12(3)10-13/h11-13,15H,6-10H2,1-5H3. The van der Waals surface area contributed by atoms with Crippen molar-refractivity contribution in [2.24, 2.45) is 11.8 Å². The van der Waals surface area contributed by atoms with Gasteiger partial charge in [-0.2, -0.15) is 0 Å². The van der Waals surface area contributed by atoms with Crippen LogP contribution in [0.5, 0.6) is 0 Å². The van der Waals surface area contributed by atoms with Crippen LogP contribution in [0.4, 0.5) is 0 Å². The molecule has 1 heteroatoms. The quantitative estimate of drug-likeness (QED) is 0.741. The Morgan fingerprint density at radius 1 is 1.07 bits per heavy atom. The van der Waals surface area contributed by atoms with Crippen molar-refractivity contribution < 1.29 is 0 Å². The topological polar surface area (TPSA) is 12.0 Å². The highest BCUT2D eigenvalue weighted by Crippen LogP contribution is 2.30. The van der Waals surface area contributed by atoms with Crippen LogP contribution < -0.4 is 5.32 Å². The van der Waals surface area contributed by atoms with E-state index in [4.69, 9.17) is 0 Å². The fraction of sp³-hybridized carbons (Fsp3) is 1.00. The van der Waals surface area contributed by atoms with Crippen LogP contribution in [0.2, 0.25) is 0 Å². The lowest BCUT2D eigenvalue weighted by Gasteiger charge is -2.38. The molecule has 0 bridgehead atoms. The molecule has 0 aromatic carbocycles. The van der Waals surface area contributed by atoms with E-state index >= 15 is 0 Å². The molecule has 2 atom stereocenters. The lowest BCUT2D eigenvalue weighted by Crippen LogP contribution is -2.48. The summed E-state index contributed by atoms with van der Waals surface area (Å²) in [5.41, 5.74) is 0.330. The zero-order valence-electron chi connectivity index (χ0n) is 11.3. The molecule has 1 fully saturated rings. The SMILES string of the molecule is CCCC(C)(C)NC1CC(C)CC(C)C1. The van der Waals surface area contributed by atoms with Crippen LogP contribution in [0.15, 0.2) is 0 Å². The first-order valence-electron chi connectivity index (χ1n) is 6.70. The van der Waals surface area contributed by atoms with E-state index in [-0.39, 0.29) is 0 Å². The summed E-state index contributed by atoms with van der Waals surface area (Å²) in [5, 5.41) is 3.86. The van der Waals surface area contributed by atoms with Gasteiger partial charge in [0, 0.05) is 11.6 Å². The zero-order chi connectivity index (χ0) is 11.5. The highest BCUT2D eigenvalue weighted by molar-refractivity contribution is 4.86. The van der Waals surface area contributed by atoms with Gasteiger partial charge in [-0.05, 0) is 51.4 Å². The fourth-order valence-electron chi connectivity index (χ4n) is 3.31. The minimum Gasteiger partial charge on any atom is -0.309 e. The van der Waals surface area contributed by atoms with E-state index in [0.717, 1.165) is 17.9 Å². The summed E-state index contributed by atoms with van der Waals surface area (Å²) in [6.45, 7) is 11.8. The Hall–Kier alpha value is -0.0400. The number of nitrogens with one attached hydrogen (secondary N) is 1. The van der Waals surface area contributed by atoms with Crippen LogP contribution in [0.3, 0.4) is 0 Å². The van der Waals surface area contributed by atoms with Gasteiger partial charge in [-0.15, -0.1) is 0 Å². The molecule has 0 radical (unpaired) electrons. The monoisotopic (exact) mass is 211 g/mol. The van der Waals surface area contributed by atoms with Crippen molar-refractivity contribution in [2.75, 3.05) is 0 Å². The predicted molar refractivity (Wildman–Crippen MR) is 68.1 cm³/mol. The molecule has 0 saturated heterocycles. The Morgan fingerprint density at radius 2 is 1.60 bits per heavy atom. The average molecular weight is 211 g/mol. The third kappa shape index (κ3) is 4.55. The maximum atomic E-state index is 3.86. The van der Waals surface area contributed by atoms with Gasteiger partial charge in [0.25, 0.3) is 0 Å². The van der Waals surface area contributed by atoms with Gasteiger partial charge in [0.2, 0.25) is 0 Å². The summed E-state index contributed by atoms with van der Waals surface area (Å²) in [7, 11) is 0. The van der Waals surface area contributed by atoms with Crippen LogP contribution in [-0.4, -0.2) is 11.6 Å². The summed E-state index contributed by atoms with van der Waals surface area (Å²) in [5.74, 6) is 1.81. The molecule has 1 nitrogen and oxygen atoms in total. The Morgan fingerprint density at radius 3 is 2.07 bits per heavy atom. The number of hydrogen-bond acceptors (Lipinski definition) is 1. The summed E-state index contributed by atoms with van der Waals surface area (Å²) in [6, 6.07) is 0.755. The van der Waals surface area contributed by atoms with Crippen molar-refractivity contribution in [3.05, 3.63) is 0 Å². The molecule has 1 N–H and O–H groups in total. The molecule has 1 aliphatic rings. The molecule has 0 aliphatic heterocycles. The van der Waals surface area contributed by atoms with Crippen molar-refractivity contribution >= 4 is 0 Å². The third-order valence-corrected chi connectivity index (χ3v) is 3.65. The van der Waals surface area contributed by atoms with Crippen LogP contribution in [0.25, 0.3) is 0 Å². The second-order valence-electron chi connectivity index (χ2n) is 6.39. The Balaban J connectivity index is 2.43. The molecule has 0 aromatic heterocycles. The molecule has 0 spiro atoms. The first kappa shape index (κ1) is 13.0. The molecule has 1 saturated carbocycles. The largest absolute Gasteiger partial charge is 0.309 e. The normalized spacial score (nSPS) is 33.0. The zero-order valence-corrected chi connectivity index (χ0v) is 11.3. The maximum absolute atomic E-state index is 3.86. The highest BCUT2D eigenvalue weighted by atomic mass is 15.0. The van der Waals surface area contributed by atoms with Gasteiger partial charge in [0.15, 0.2) is 0 Å². The van der Waals surface area contributed by atoms with E-state index in [1.54, 1.807) is 0 Å². The van der Waals surface area contributed by atoms with Crippen LogP contribution >= 0.6 is 0 Å². The smallest absolute Gasteiger partial charge is 0.0127 e. The van der Waals surface area contributed by atoms with Crippen LogP contribution in [0, 0.1) is 11.8 Å². The molecule has 2 unspecified atom stereocenters. The molecule has 1 aliphatic carbocycles. The molecular weight excluding hydrogens is 182 g/mol. The predicted octanol–water partition coefficient (Wildman–Crippen LogP) is 3.98. The van der Waals surface area contributed by atoms with Crippen molar-refractivity contribution in [1.82, 2.24) is 5.32 Å². The van der Waals surface area contributed by atoms with E-state index in [1.165, 1.54) is 32.1 Å². The van der Waals surface area contributed by atoms with E-state index < -0.39 is 0 Å². The van der Waals surface area contributed by atoms with Gasteiger partial charge in [-0.25, -0.2) is 0 Å². The molecular formula is C14H29N.